The highest BCUT2D eigenvalue weighted by Crippen LogP contribution is 2.36. The zero-order valence-electron chi connectivity index (χ0n) is 14.0. The summed E-state index contributed by atoms with van der Waals surface area (Å²) < 4.78 is 12.7. The molecule has 25 heavy (non-hydrogen) atoms. The third kappa shape index (κ3) is 3.38. The number of aliphatic hydroxyl groups is 2. The van der Waals surface area contributed by atoms with Crippen molar-refractivity contribution in [2.45, 2.75) is 38.2 Å². The number of H-pyrrole nitrogens is 1. The van der Waals surface area contributed by atoms with Gasteiger partial charge in [0.15, 0.2) is 17.4 Å². The molecule has 138 valence electrons. The molecule has 3 rings (SSSR count). The fourth-order valence-electron chi connectivity index (χ4n) is 3.15. The Hall–Kier alpha value is -2.01. The van der Waals surface area contributed by atoms with E-state index in [0.717, 1.165) is 6.42 Å². The van der Waals surface area contributed by atoms with Gasteiger partial charge in [-0.2, -0.15) is 4.98 Å². The van der Waals surface area contributed by atoms with Gasteiger partial charge in [0.2, 0.25) is 5.95 Å². The maximum Gasteiger partial charge on any atom is 0.280 e. The normalized spacial score (nSPS) is 26.5. The second-order valence-corrected chi connectivity index (χ2v) is 6.08. The molecule has 0 saturated carbocycles. The minimum atomic E-state index is -0.901. The van der Waals surface area contributed by atoms with Crippen LogP contribution in [0.5, 0.6) is 0 Å². The first-order valence-electron chi connectivity index (χ1n) is 8.31. The highest BCUT2D eigenvalue weighted by atomic mass is 16.5. The van der Waals surface area contributed by atoms with E-state index in [2.05, 4.69) is 15.0 Å². The molecule has 0 spiro atoms. The van der Waals surface area contributed by atoms with Crippen molar-refractivity contribution in [3.8, 4) is 0 Å². The number of fused-ring (bicyclic) bond motifs is 1. The fourth-order valence-corrected chi connectivity index (χ4v) is 3.15. The van der Waals surface area contributed by atoms with Crippen molar-refractivity contribution < 1.29 is 19.7 Å². The van der Waals surface area contributed by atoms with E-state index >= 15 is 0 Å². The summed E-state index contributed by atoms with van der Waals surface area (Å²) in [4.78, 5) is 22.4. The van der Waals surface area contributed by atoms with E-state index in [4.69, 9.17) is 15.2 Å². The van der Waals surface area contributed by atoms with E-state index in [0.29, 0.717) is 19.6 Å². The van der Waals surface area contributed by atoms with Crippen LogP contribution < -0.4 is 11.3 Å². The number of imidazole rings is 1. The van der Waals surface area contributed by atoms with E-state index in [1.807, 2.05) is 6.92 Å². The quantitative estimate of drug-likeness (QED) is 0.482. The van der Waals surface area contributed by atoms with Crippen molar-refractivity contribution in [3.63, 3.8) is 0 Å². The van der Waals surface area contributed by atoms with Crippen molar-refractivity contribution in [1.82, 2.24) is 19.5 Å². The average Bonchev–Trinajstić information content (AvgIpc) is 3.13. The monoisotopic (exact) mass is 353 g/mol. The van der Waals surface area contributed by atoms with Crippen molar-refractivity contribution in [2.24, 2.45) is 5.92 Å². The molecular formula is C15H23N5O5. The summed E-state index contributed by atoms with van der Waals surface area (Å²) in [6.07, 6.45) is 0.588. The highest BCUT2D eigenvalue weighted by Gasteiger charge is 2.44. The molecule has 3 heterocycles. The molecular weight excluding hydrogens is 330 g/mol. The number of nitrogen functional groups attached to an aromatic ring is 1. The SMILES string of the molecule is CCCOCC[C@H]1[C@@H](O)[C@H](n2cnc3c(=O)[nH]c(N)nc32)O[C@@H]1CO. The number of nitrogens with zero attached hydrogens (tertiary/aromatic N) is 3. The molecule has 2 aromatic rings. The molecule has 1 aliphatic rings. The van der Waals surface area contributed by atoms with Crippen LogP contribution in [0, 0.1) is 5.92 Å². The number of rotatable bonds is 7. The number of aromatic nitrogens is 4. The maximum atomic E-state index is 11.9. The molecule has 0 aliphatic carbocycles. The van der Waals surface area contributed by atoms with Crippen LogP contribution in [0.25, 0.3) is 11.2 Å². The Balaban J connectivity index is 1.84. The van der Waals surface area contributed by atoms with Crippen LogP contribution in [0.15, 0.2) is 11.1 Å². The Labute approximate surface area is 143 Å². The molecule has 0 aromatic carbocycles. The van der Waals surface area contributed by atoms with Crippen molar-refractivity contribution in [3.05, 3.63) is 16.7 Å². The van der Waals surface area contributed by atoms with Gasteiger partial charge in [-0.05, 0) is 12.8 Å². The van der Waals surface area contributed by atoms with Crippen LogP contribution in [0.3, 0.4) is 0 Å². The molecule has 1 saturated heterocycles. The minimum Gasteiger partial charge on any atom is -0.394 e. The highest BCUT2D eigenvalue weighted by molar-refractivity contribution is 5.70. The largest absolute Gasteiger partial charge is 0.394 e. The molecule has 4 atom stereocenters. The number of ether oxygens (including phenoxy) is 2. The molecule has 2 aromatic heterocycles. The van der Waals surface area contributed by atoms with Crippen LogP contribution in [0.2, 0.25) is 0 Å². The number of nitrogens with two attached hydrogens (primary N) is 1. The summed E-state index contributed by atoms with van der Waals surface area (Å²) in [7, 11) is 0. The number of aliphatic hydroxyl groups excluding tert-OH is 2. The van der Waals surface area contributed by atoms with Gasteiger partial charge in [0.1, 0.15) is 6.10 Å². The topological polar surface area (TPSA) is 149 Å². The van der Waals surface area contributed by atoms with E-state index in [1.165, 1.54) is 10.9 Å². The van der Waals surface area contributed by atoms with Gasteiger partial charge < -0.3 is 25.4 Å². The Morgan fingerprint density at radius 3 is 3.00 bits per heavy atom. The van der Waals surface area contributed by atoms with Gasteiger partial charge in [-0.1, -0.05) is 6.92 Å². The van der Waals surface area contributed by atoms with E-state index in [9.17, 15) is 15.0 Å². The van der Waals surface area contributed by atoms with E-state index in [1.54, 1.807) is 0 Å². The van der Waals surface area contributed by atoms with E-state index in [-0.39, 0.29) is 29.6 Å². The maximum absolute atomic E-state index is 11.9. The Morgan fingerprint density at radius 2 is 2.28 bits per heavy atom. The van der Waals surface area contributed by atoms with Gasteiger partial charge in [0, 0.05) is 19.1 Å². The Kier molecular flexibility index (Phi) is 5.33. The predicted molar refractivity (Wildman–Crippen MR) is 88.8 cm³/mol. The van der Waals surface area contributed by atoms with Crippen molar-refractivity contribution in [1.29, 1.82) is 0 Å². The molecule has 0 bridgehead atoms. The number of anilines is 1. The fraction of sp³-hybridized carbons (Fsp3) is 0.667. The first-order valence-corrected chi connectivity index (χ1v) is 8.31. The van der Waals surface area contributed by atoms with Gasteiger partial charge in [-0.3, -0.25) is 14.3 Å². The number of hydrogen-bond donors (Lipinski definition) is 4. The van der Waals surface area contributed by atoms with Crippen molar-refractivity contribution in [2.75, 3.05) is 25.6 Å². The zero-order valence-corrected chi connectivity index (χ0v) is 14.0. The number of hydrogen-bond acceptors (Lipinski definition) is 8. The first kappa shape index (κ1) is 17.8. The lowest BCUT2D eigenvalue weighted by Crippen LogP contribution is -2.29. The van der Waals surface area contributed by atoms with Crippen LogP contribution in [-0.4, -0.2) is 61.8 Å². The molecule has 10 nitrogen and oxygen atoms in total. The van der Waals surface area contributed by atoms with Crippen LogP contribution >= 0.6 is 0 Å². The number of nitrogens with one attached hydrogen (secondary N) is 1. The van der Waals surface area contributed by atoms with Gasteiger partial charge in [-0.15, -0.1) is 0 Å². The molecule has 1 aliphatic heterocycles. The summed E-state index contributed by atoms with van der Waals surface area (Å²) in [5.74, 6) is -0.349. The summed E-state index contributed by atoms with van der Waals surface area (Å²) in [5.41, 5.74) is 5.47. The van der Waals surface area contributed by atoms with Crippen LogP contribution in [0.4, 0.5) is 5.95 Å². The number of aromatic amines is 1. The Morgan fingerprint density at radius 1 is 1.48 bits per heavy atom. The molecule has 10 heteroatoms. The lowest BCUT2D eigenvalue weighted by molar-refractivity contribution is -0.0494. The van der Waals surface area contributed by atoms with Crippen molar-refractivity contribution >= 4 is 17.1 Å². The van der Waals surface area contributed by atoms with Gasteiger partial charge >= 0.3 is 0 Å². The Bertz CT molecular complexity index is 775. The van der Waals surface area contributed by atoms with Gasteiger partial charge in [0.05, 0.1) is 19.0 Å². The molecule has 1 fully saturated rings. The summed E-state index contributed by atoms with van der Waals surface area (Å²) >= 11 is 0. The second-order valence-electron chi connectivity index (χ2n) is 6.08. The third-order valence-electron chi connectivity index (χ3n) is 4.37. The minimum absolute atomic E-state index is 0.0463. The summed E-state index contributed by atoms with van der Waals surface area (Å²) in [6.45, 7) is 2.91. The smallest absolute Gasteiger partial charge is 0.280 e. The third-order valence-corrected chi connectivity index (χ3v) is 4.37. The first-order chi connectivity index (χ1) is 12.1. The van der Waals surface area contributed by atoms with E-state index < -0.39 is 24.0 Å². The molecule has 5 N–H and O–H groups in total. The van der Waals surface area contributed by atoms with Gasteiger partial charge in [0.25, 0.3) is 5.56 Å². The lowest BCUT2D eigenvalue weighted by Gasteiger charge is -2.19. The summed E-state index contributed by atoms with van der Waals surface area (Å²) in [6, 6.07) is 0. The predicted octanol–water partition coefficient (Wildman–Crippen LogP) is -0.615. The molecule has 0 amide bonds. The van der Waals surface area contributed by atoms with Gasteiger partial charge in [-0.25, -0.2) is 4.98 Å². The lowest BCUT2D eigenvalue weighted by atomic mass is 9.95. The van der Waals surface area contributed by atoms with Crippen LogP contribution in [0.1, 0.15) is 26.0 Å². The summed E-state index contributed by atoms with van der Waals surface area (Å²) in [5, 5.41) is 20.3. The second kappa shape index (κ2) is 7.48. The molecule has 0 radical (unpaired) electrons. The van der Waals surface area contributed by atoms with Crippen LogP contribution in [-0.2, 0) is 9.47 Å². The standard InChI is InChI=1S/C15H23N5O5/c1-2-4-24-5-3-8-9(6-21)25-14(11(8)22)20-7-17-10-12(20)18-15(16)19-13(10)23/h7-9,11,14,21-22H,2-6H2,1H3,(H3,16,18,19,23)/t8-,9-,11-,14-/m1/s1. The zero-order chi connectivity index (χ0) is 18.0. The average molecular weight is 353 g/mol. The molecule has 0 unspecified atom stereocenters.